The fourth-order valence-electron chi connectivity index (χ4n) is 3.39. The van der Waals surface area contributed by atoms with Crippen molar-refractivity contribution < 1.29 is 14.5 Å². The van der Waals surface area contributed by atoms with Crippen LogP contribution < -0.4 is 4.90 Å². The highest BCUT2D eigenvalue weighted by Gasteiger charge is 2.25. The number of benzene rings is 2. The molecule has 1 amide bonds. The van der Waals surface area contributed by atoms with Crippen LogP contribution in [0.5, 0.6) is 0 Å². The molecule has 4 rings (SSSR count). The van der Waals surface area contributed by atoms with Crippen LogP contribution in [-0.4, -0.2) is 41.3 Å². The van der Waals surface area contributed by atoms with Gasteiger partial charge in [-0.1, -0.05) is 23.5 Å². The van der Waals surface area contributed by atoms with Gasteiger partial charge in [-0.3, -0.25) is 19.8 Å². The minimum Gasteiger partial charge on any atom is -0.376 e. The highest BCUT2D eigenvalue weighted by molar-refractivity contribution is 7.98. The summed E-state index contributed by atoms with van der Waals surface area (Å²) in [6.07, 6.45) is 6.91. The van der Waals surface area contributed by atoms with Crippen molar-refractivity contribution in [3.63, 3.8) is 0 Å². The minimum atomic E-state index is -0.452. The molecule has 1 aliphatic heterocycles. The number of rotatable bonds is 7. The average Bonchev–Trinajstić information content (AvgIpc) is 3.44. The summed E-state index contributed by atoms with van der Waals surface area (Å²) in [5, 5.41) is 11.6. The van der Waals surface area contributed by atoms with Crippen molar-refractivity contribution in [3.8, 4) is 0 Å². The van der Waals surface area contributed by atoms with Crippen LogP contribution in [0.3, 0.4) is 0 Å². The van der Waals surface area contributed by atoms with Gasteiger partial charge in [0.1, 0.15) is 0 Å². The first-order chi connectivity index (χ1) is 15.0. The first-order valence-corrected chi connectivity index (χ1v) is 11.9. The van der Waals surface area contributed by atoms with E-state index in [1.165, 1.54) is 29.5 Å². The molecular weight excluding hydrogens is 434 g/mol. The van der Waals surface area contributed by atoms with E-state index in [1.54, 1.807) is 34.9 Å². The molecule has 3 aromatic rings. The molecule has 1 unspecified atom stereocenters. The highest BCUT2D eigenvalue weighted by Crippen LogP contribution is 2.32. The van der Waals surface area contributed by atoms with Gasteiger partial charge in [0.15, 0.2) is 5.13 Å². The maximum Gasteiger partial charge on any atom is 0.270 e. The van der Waals surface area contributed by atoms with Crippen molar-refractivity contribution in [2.24, 2.45) is 0 Å². The van der Waals surface area contributed by atoms with Crippen LogP contribution in [0.2, 0.25) is 0 Å². The molecule has 1 atom stereocenters. The van der Waals surface area contributed by atoms with E-state index in [2.05, 4.69) is 11.1 Å². The highest BCUT2D eigenvalue weighted by atomic mass is 32.2. The molecule has 9 heteroatoms. The third kappa shape index (κ3) is 5.12. The van der Waals surface area contributed by atoms with Crippen molar-refractivity contribution in [1.82, 2.24) is 4.98 Å². The lowest BCUT2D eigenvalue weighted by Gasteiger charge is -2.21. The van der Waals surface area contributed by atoms with Gasteiger partial charge in [-0.15, -0.1) is 11.8 Å². The molecule has 2 aromatic carbocycles. The fourth-order valence-corrected chi connectivity index (χ4v) is 4.92. The average molecular weight is 456 g/mol. The standard InChI is InChI=1S/C22H21N3O4S2/c1-30-18-8-9-19-20(13-18)31-22(23-19)24(14-17-6-3-11-29-17)21(26)10-7-15-4-2-5-16(12-15)25(27)28/h2,4-5,7-10,12-13,17H,3,6,11,14H2,1H3/b10-7+. The van der Waals surface area contributed by atoms with E-state index in [4.69, 9.17) is 4.74 Å². The van der Waals surface area contributed by atoms with Crippen LogP contribution in [0.4, 0.5) is 10.8 Å². The number of thioether (sulfide) groups is 1. The van der Waals surface area contributed by atoms with Crippen molar-refractivity contribution >= 4 is 56.1 Å². The topological polar surface area (TPSA) is 85.6 Å². The Morgan fingerprint density at radius 1 is 1.39 bits per heavy atom. The summed E-state index contributed by atoms with van der Waals surface area (Å²) in [7, 11) is 0. The minimum absolute atomic E-state index is 0.0124. The first-order valence-electron chi connectivity index (χ1n) is 9.84. The summed E-state index contributed by atoms with van der Waals surface area (Å²) in [6, 6.07) is 12.3. The number of anilines is 1. The SMILES string of the molecule is CSc1ccc2nc(N(CC3CCCO3)C(=O)/C=C/c3cccc([N+](=O)[O-])c3)sc2c1. The van der Waals surface area contributed by atoms with Crippen molar-refractivity contribution in [1.29, 1.82) is 0 Å². The maximum atomic E-state index is 13.1. The number of carbonyl (C=O) groups is 1. The summed E-state index contributed by atoms with van der Waals surface area (Å²) in [4.78, 5) is 31.1. The van der Waals surface area contributed by atoms with Crippen LogP contribution in [0, 0.1) is 10.1 Å². The zero-order chi connectivity index (χ0) is 21.8. The summed E-state index contributed by atoms with van der Waals surface area (Å²) in [5.41, 5.74) is 1.43. The second kappa shape index (κ2) is 9.59. The molecule has 0 N–H and O–H groups in total. The second-order valence-corrected chi connectivity index (χ2v) is 8.99. The Hall–Kier alpha value is -2.75. The molecular formula is C22H21N3O4S2. The molecule has 1 fully saturated rings. The van der Waals surface area contributed by atoms with Gasteiger partial charge >= 0.3 is 0 Å². The predicted molar refractivity (Wildman–Crippen MR) is 125 cm³/mol. The lowest BCUT2D eigenvalue weighted by molar-refractivity contribution is -0.384. The van der Waals surface area contributed by atoms with Gasteiger partial charge in [0.25, 0.3) is 11.6 Å². The molecule has 1 aliphatic rings. The number of nitro benzene ring substituents is 1. The zero-order valence-electron chi connectivity index (χ0n) is 16.9. The molecule has 0 radical (unpaired) electrons. The number of non-ortho nitro benzene ring substituents is 1. The molecule has 1 saturated heterocycles. The van der Waals surface area contributed by atoms with E-state index in [0.29, 0.717) is 23.8 Å². The van der Waals surface area contributed by atoms with Crippen molar-refractivity contribution in [2.75, 3.05) is 24.3 Å². The quantitative estimate of drug-likeness (QED) is 0.212. The summed E-state index contributed by atoms with van der Waals surface area (Å²) in [5.74, 6) is -0.230. The van der Waals surface area contributed by atoms with E-state index in [-0.39, 0.29) is 17.7 Å². The monoisotopic (exact) mass is 455 g/mol. The molecule has 0 saturated carbocycles. The van der Waals surface area contributed by atoms with E-state index < -0.39 is 4.92 Å². The van der Waals surface area contributed by atoms with Crippen LogP contribution in [-0.2, 0) is 9.53 Å². The number of carbonyl (C=O) groups excluding carboxylic acids is 1. The Labute approximate surface area is 187 Å². The normalized spacial score (nSPS) is 16.2. The Balaban J connectivity index is 1.62. The van der Waals surface area contributed by atoms with Gasteiger partial charge in [0.05, 0.1) is 27.8 Å². The van der Waals surface area contributed by atoms with Gasteiger partial charge in [-0.2, -0.15) is 0 Å². The van der Waals surface area contributed by atoms with Gasteiger partial charge in [-0.05, 0) is 48.9 Å². The number of hydrogen-bond acceptors (Lipinski definition) is 7. The summed E-state index contributed by atoms with van der Waals surface area (Å²) < 4.78 is 6.77. The van der Waals surface area contributed by atoms with Gasteiger partial charge in [0.2, 0.25) is 0 Å². The number of nitro groups is 1. The van der Waals surface area contributed by atoms with Crippen LogP contribution >= 0.6 is 23.1 Å². The summed E-state index contributed by atoms with van der Waals surface area (Å²) >= 11 is 3.14. The van der Waals surface area contributed by atoms with Crippen molar-refractivity contribution in [2.45, 2.75) is 23.8 Å². The molecule has 0 aliphatic carbocycles. The Kier molecular flexibility index (Phi) is 6.64. The van der Waals surface area contributed by atoms with Gasteiger partial charge in [-0.25, -0.2) is 4.98 Å². The number of thiazole rings is 1. The third-order valence-electron chi connectivity index (χ3n) is 4.99. The van der Waals surface area contributed by atoms with E-state index >= 15 is 0 Å². The fraction of sp³-hybridized carbons (Fsp3) is 0.273. The largest absolute Gasteiger partial charge is 0.376 e. The second-order valence-electron chi connectivity index (χ2n) is 7.10. The van der Waals surface area contributed by atoms with Crippen LogP contribution in [0.1, 0.15) is 18.4 Å². The lowest BCUT2D eigenvalue weighted by atomic mass is 10.2. The number of ether oxygens (including phenoxy) is 1. The Morgan fingerprint density at radius 2 is 2.26 bits per heavy atom. The molecule has 2 heterocycles. The van der Waals surface area contributed by atoms with E-state index in [9.17, 15) is 14.9 Å². The van der Waals surface area contributed by atoms with Gasteiger partial charge < -0.3 is 4.74 Å². The molecule has 160 valence electrons. The molecule has 31 heavy (non-hydrogen) atoms. The number of nitrogens with zero attached hydrogens (tertiary/aromatic N) is 3. The number of hydrogen-bond donors (Lipinski definition) is 0. The Bertz CT molecular complexity index is 1140. The maximum absolute atomic E-state index is 13.1. The first kappa shape index (κ1) is 21.5. The summed E-state index contributed by atoms with van der Waals surface area (Å²) in [6.45, 7) is 1.13. The smallest absolute Gasteiger partial charge is 0.270 e. The Morgan fingerprint density at radius 3 is 3.00 bits per heavy atom. The molecule has 0 bridgehead atoms. The lowest BCUT2D eigenvalue weighted by Crippen LogP contribution is -2.36. The number of fused-ring (bicyclic) bond motifs is 1. The number of aromatic nitrogens is 1. The molecule has 0 spiro atoms. The third-order valence-corrected chi connectivity index (χ3v) is 6.76. The zero-order valence-corrected chi connectivity index (χ0v) is 18.5. The van der Waals surface area contributed by atoms with E-state index in [1.807, 2.05) is 18.4 Å². The van der Waals surface area contributed by atoms with Crippen LogP contribution in [0.15, 0.2) is 53.4 Å². The number of amides is 1. The molecule has 1 aromatic heterocycles. The van der Waals surface area contributed by atoms with E-state index in [0.717, 1.165) is 28.0 Å². The van der Waals surface area contributed by atoms with Crippen molar-refractivity contribution in [3.05, 3.63) is 64.2 Å². The van der Waals surface area contributed by atoms with Gasteiger partial charge in [0, 0.05) is 29.7 Å². The molecule has 7 nitrogen and oxygen atoms in total. The van der Waals surface area contributed by atoms with Crippen LogP contribution in [0.25, 0.3) is 16.3 Å². The predicted octanol–water partition coefficient (Wildman–Crippen LogP) is 5.15.